The lowest BCUT2D eigenvalue weighted by Gasteiger charge is -2.27. The Bertz CT molecular complexity index is 386. The highest BCUT2D eigenvalue weighted by molar-refractivity contribution is 5.37. The third-order valence-electron chi connectivity index (χ3n) is 3.88. The minimum absolute atomic E-state index is 1.04. The maximum absolute atomic E-state index is 5.46. The van der Waals surface area contributed by atoms with E-state index in [2.05, 4.69) is 35.3 Å². The minimum Gasteiger partial charge on any atom is -0.496 e. The van der Waals surface area contributed by atoms with Crippen LogP contribution in [0.15, 0.2) is 18.2 Å². The zero-order chi connectivity index (χ0) is 13.5. The first-order valence-electron chi connectivity index (χ1n) is 7.42. The molecule has 0 atom stereocenters. The summed E-state index contributed by atoms with van der Waals surface area (Å²) in [5, 5.41) is 3.39. The van der Waals surface area contributed by atoms with Crippen LogP contribution in [0.1, 0.15) is 24.5 Å². The van der Waals surface area contributed by atoms with E-state index in [1.165, 1.54) is 37.2 Å². The summed E-state index contributed by atoms with van der Waals surface area (Å²) in [6.45, 7) is 8.04. The Labute approximate surface area is 116 Å². The van der Waals surface area contributed by atoms with Gasteiger partial charge in [0, 0.05) is 26.2 Å². The summed E-state index contributed by atoms with van der Waals surface area (Å²) in [5.74, 6) is 1.04. The number of piperazine rings is 1. The molecule has 1 heterocycles. The average Bonchev–Trinajstić information content (AvgIpc) is 2.48. The standard InChI is InChI=1S/C16H26N2O/c1-3-14-6-7-16(19-2)15(13-14)5-4-10-18-11-8-17-9-12-18/h6-7,13,17H,3-5,8-12H2,1-2H3. The maximum Gasteiger partial charge on any atom is 0.122 e. The monoisotopic (exact) mass is 262 g/mol. The fourth-order valence-corrected chi connectivity index (χ4v) is 2.68. The lowest BCUT2D eigenvalue weighted by atomic mass is 10.0. The Balaban J connectivity index is 1.86. The number of benzene rings is 1. The Morgan fingerprint density at radius 3 is 2.74 bits per heavy atom. The number of ether oxygens (including phenoxy) is 1. The lowest BCUT2D eigenvalue weighted by molar-refractivity contribution is 0.238. The van der Waals surface area contributed by atoms with Gasteiger partial charge in [0.1, 0.15) is 5.75 Å². The van der Waals surface area contributed by atoms with Crippen LogP contribution in [0.5, 0.6) is 5.75 Å². The van der Waals surface area contributed by atoms with Crippen molar-refractivity contribution in [2.24, 2.45) is 0 Å². The fraction of sp³-hybridized carbons (Fsp3) is 0.625. The highest BCUT2D eigenvalue weighted by atomic mass is 16.5. The molecular formula is C16H26N2O. The summed E-state index contributed by atoms with van der Waals surface area (Å²) in [5.41, 5.74) is 2.76. The molecule has 0 radical (unpaired) electrons. The van der Waals surface area contributed by atoms with E-state index < -0.39 is 0 Å². The van der Waals surface area contributed by atoms with Crippen LogP contribution in [0.4, 0.5) is 0 Å². The van der Waals surface area contributed by atoms with Crippen molar-refractivity contribution in [2.75, 3.05) is 39.8 Å². The maximum atomic E-state index is 5.46. The summed E-state index contributed by atoms with van der Waals surface area (Å²) in [6.07, 6.45) is 3.42. The molecule has 3 heteroatoms. The highest BCUT2D eigenvalue weighted by Gasteiger charge is 2.10. The molecule has 19 heavy (non-hydrogen) atoms. The predicted molar refractivity (Wildman–Crippen MR) is 80.0 cm³/mol. The van der Waals surface area contributed by atoms with Gasteiger partial charge in [0.2, 0.25) is 0 Å². The van der Waals surface area contributed by atoms with Crippen molar-refractivity contribution in [1.82, 2.24) is 10.2 Å². The SMILES string of the molecule is CCc1ccc(OC)c(CCCN2CCNCC2)c1. The van der Waals surface area contributed by atoms with E-state index in [4.69, 9.17) is 4.74 Å². The Morgan fingerprint density at radius 1 is 1.26 bits per heavy atom. The first-order valence-corrected chi connectivity index (χ1v) is 7.42. The third-order valence-corrected chi connectivity index (χ3v) is 3.88. The van der Waals surface area contributed by atoms with Crippen molar-refractivity contribution in [3.8, 4) is 5.75 Å². The summed E-state index contributed by atoms with van der Waals surface area (Å²) < 4.78 is 5.46. The molecule has 0 saturated carbocycles. The summed E-state index contributed by atoms with van der Waals surface area (Å²) in [6, 6.07) is 6.58. The fourth-order valence-electron chi connectivity index (χ4n) is 2.68. The molecule has 2 rings (SSSR count). The van der Waals surface area contributed by atoms with Crippen molar-refractivity contribution in [3.63, 3.8) is 0 Å². The van der Waals surface area contributed by atoms with Crippen LogP contribution >= 0.6 is 0 Å². The van der Waals surface area contributed by atoms with Crippen LogP contribution in [0.3, 0.4) is 0 Å². The number of methoxy groups -OCH3 is 1. The molecule has 0 amide bonds. The summed E-state index contributed by atoms with van der Waals surface area (Å²) in [4.78, 5) is 2.55. The molecular weight excluding hydrogens is 236 g/mol. The van der Waals surface area contributed by atoms with Gasteiger partial charge in [0.05, 0.1) is 7.11 Å². The quantitative estimate of drug-likeness (QED) is 0.849. The van der Waals surface area contributed by atoms with Crippen molar-refractivity contribution in [2.45, 2.75) is 26.2 Å². The Hall–Kier alpha value is -1.06. The van der Waals surface area contributed by atoms with Crippen LogP contribution in [0.25, 0.3) is 0 Å². The minimum atomic E-state index is 1.04. The molecule has 0 bridgehead atoms. The normalized spacial score (nSPS) is 16.5. The molecule has 1 aromatic carbocycles. The number of nitrogens with zero attached hydrogens (tertiary/aromatic N) is 1. The van der Waals surface area contributed by atoms with Gasteiger partial charge in [-0.15, -0.1) is 0 Å². The molecule has 1 aliphatic rings. The molecule has 1 aliphatic heterocycles. The molecule has 0 unspecified atom stereocenters. The summed E-state index contributed by atoms with van der Waals surface area (Å²) >= 11 is 0. The van der Waals surface area contributed by atoms with Gasteiger partial charge in [-0.2, -0.15) is 0 Å². The van der Waals surface area contributed by atoms with Crippen LogP contribution in [-0.4, -0.2) is 44.7 Å². The molecule has 0 aliphatic carbocycles. The molecule has 1 N–H and O–H groups in total. The molecule has 1 aromatic rings. The van der Waals surface area contributed by atoms with Crippen LogP contribution in [0.2, 0.25) is 0 Å². The van der Waals surface area contributed by atoms with Crippen LogP contribution < -0.4 is 10.1 Å². The van der Waals surface area contributed by atoms with E-state index in [9.17, 15) is 0 Å². The second-order valence-corrected chi connectivity index (χ2v) is 5.19. The Kier molecular flexibility index (Phi) is 5.67. The van der Waals surface area contributed by atoms with Crippen LogP contribution in [-0.2, 0) is 12.8 Å². The van der Waals surface area contributed by atoms with Gasteiger partial charge in [-0.3, -0.25) is 0 Å². The van der Waals surface area contributed by atoms with E-state index in [1.807, 2.05) is 0 Å². The average molecular weight is 262 g/mol. The molecule has 1 fully saturated rings. The van der Waals surface area contributed by atoms with Gasteiger partial charge >= 0.3 is 0 Å². The Morgan fingerprint density at radius 2 is 2.05 bits per heavy atom. The van der Waals surface area contributed by atoms with Gasteiger partial charge in [0.15, 0.2) is 0 Å². The van der Waals surface area contributed by atoms with Crippen LogP contribution in [0, 0.1) is 0 Å². The highest BCUT2D eigenvalue weighted by Crippen LogP contribution is 2.21. The van der Waals surface area contributed by atoms with E-state index in [1.54, 1.807) is 7.11 Å². The van der Waals surface area contributed by atoms with E-state index in [0.29, 0.717) is 0 Å². The van der Waals surface area contributed by atoms with E-state index in [-0.39, 0.29) is 0 Å². The van der Waals surface area contributed by atoms with Crippen molar-refractivity contribution < 1.29 is 4.74 Å². The van der Waals surface area contributed by atoms with Crippen molar-refractivity contribution in [3.05, 3.63) is 29.3 Å². The van der Waals surface area contributed by atoms with Crippen molar-refractivity contribution >= 4 is 0 Å². The largest absolute Gasteiger partial charge is 0.496 e. The second kappa shape index (κ2) is 7.51. The van der Waals surface area contributed by atoms with Gasteiger partial charge in [-0.1, -0.05) is 19.1 Å². The lowest BCUT2D eigenvalue weighted by Crippen LogP contribution is -2.43. The third kappa shape index (κ3) is 4.22. The second-order valence-electron chi connectivity index (χ2n) is 5.19. The van der Waals surface area contributed by atoms with Gasteiger partial charge in [-0.25, -0.2) is 0 Å². The van der Waals surface area contributed by atoms with Crippen molar-refractivity contribution in [1.29, 1.82) is 0 Å². The van der Waals surface area contributed by atoms with E-state index in [0.717, 1.165) is 31.7 Å². The van der Waals surface area contributed by atoms with Gasteiger partial charge in [-0.05, 0) is 43.0 Å². The van der Waals surface area contributed by atoms with E-state index >= 15 is 0 Å². The topological polar surface area (TPSA) is 24.5 Å². The zero-order valence-electron chi connectivity index (χ0n) is 12.2. The first-order chi connectivity index (χ1) is 9.33. The number of hydrogen-bond donors (Lipinski definition) is 1. The smallest absolute Gasteiger partial charge is 0.122 e. The molecule has 0 aromatic heterocycles. The number of nitrogens with one attached hydrogen (secondary N) is 1. The number of rotatable bonds is 6. The predicted octanol–water partition coefficient (Wildman–Crippen LogP) is 2.10. The van der Waals surface area contributed by atoms with Gasteiger partial charge in [0.25, 0.3) is 0 Å². The molecule has 1 saturated heterocycles. The molecule has 0 spiro atoms. The molecule has 106 valence electrons. The number of hydrogen-bond acceptors (Lipinski definition) is 3. The zero-order valence-corrected chi connectivity index (χ0v) is 12.2. The van der Waals surface area contributed by atoms with Gasteiger partial charge < -0.3 is 15.0 Å². The summed E-state index contributed by atoms with van der Waals surface area (Å²) in [7, 11) is 1.76. The molecule has 3 nitrogen and oxygen atoms in total. The number of aryl methyl sites for hydroxylation is 2. The first kappa shape index (κ1) is 14.4.